The topological polar surface area (TPSA) is 59.0 Å². The summed E-state index contributed by atoms with van der Waals surface area (Å²) in [5.41, 5.74) is 1.86. The van der Waals surface area contributed by atoms with Gasteiger partial charge >= 0.3 is 0 Å². The molecule has 108 valence electrons. The smallest absolute Gasteiger partial charge is 0.221 e. The average Bonchev–Trinajstić information content (AvgIpc) is 2.93. The van der Waals surface area contributed by atoms with Crippen LogP contribution in [-0.4, -0.2) is 29.3 Å². The molecule has 1 amide bonds. The van der Waals surface area contributed by atoms with Gasteiger partial charge in [0.2, 0.25) is 5.91 Å². The van der Waals surface area contributed by atoms with Gasteiger partial charge in [-0.25, -0.2) is 4.68 Å². The van der Waals surface area contributed by atoms with Gasteiger partial charge in [0.25, 0.3) is 0 Å². The maximum absolute atomic E-state index is 11.5. The minimum atomic E-state index is 0. The molecule has 1 aromatic heterocycles. The zero-order chi connectivity index (χ0) is 13.5. The molecule has 0 bridgehead atoms. The first-order chi connectivity index (χ1) is 9.29. The molecule has 2 N–H and O–H groups in total. The number of rotatable bonds is 6. The van der Waals surface area contributed by atoms with E-state index in [-0.39, 0.29) is 18.3 Å². The van der Waals surface area contributed by atoms with Crippen molar-refractivity contribution in [2.45, 2.75) is 13.0 Å². The lowest BCUT2D eigenvalue weighted by molar-refractivity contribution is -0.121. The zero-order valence-electron chi connectivity index (χ0n) is 11.4. The Kier molecular flexibility index (Phi) is 6.76. The van der Waals surface area contributed by atoms with E-state index in [1.807, 2.05) is 49.6 Å². The fourth-order valence-electron chi connectivity index (χ4n) is 1.70. The zero-order valence-corrected chi connectivity index (χ0v) is 12.2. The summed E-state index contributed by atoms with van der Waals surface area (Å²) in [6.45, 7) is 1.15. The Hall–Kier alpha value is -1.85. The lowest BCUT2D eigenvalue weighted by Crippen LogP contribution is -2.26. The highest BCUT2D eigenvalue weighted by molar-refractivity contribution is 5.85. The SMILES string of the molecule is CNCCC(=O)NCc1ccn(-c2ccccc2)n1.Cl. The number of amides is 1. The third-order valence-electron chi connectivity index (χ3n) is 2.73. The Morgan fingerprint density at radius 3 is 2.70 bits per heavy atom. The van der Waals surface area contributed by atoms with Gasteiger partial charge in [0.15, 0.2) is 0 Å². The number of benzene rings is 1. The van der Waals surface area contributed by atoms with Gasteiger partial charge < -0.3 is 10.6 Å². The summed E-state index contributed by atoms with van der Waals surface area (Å²) < 4.78 is 1.80. The molecular formula is C14H19ClN4O. The van der Waals surface area contributed by atoms with Gasteiger partial charge in [-0.1, -0.05) is 18.2 Å². The van der Waals surface area contributed by atoms with Crippen molar-refractivity contribution in [3.8, 4) is 5.69 Å². The summed E-state index contributed by atoms with van der Waals surface area (Å²) in [5, 5.41) is 10.2. The second kappa shape index (κ2) is 8.35. The van der Waals surface area contributed by atoms with Crippen LogP contribution in [0.5, 0.6) is 0 Å². The molecular weight excluding hydrogens is 276 g/mol. The Balaban J connectivity index is 0.00000200. The lowest BCUT2D eigenvalue weighted by atomic mass is 10.3. The van der Waals surface area contributed by atoms with Crippen molar-refractivity contribution in [1.29, 1.82) is 0 Å². The van der Waals surface area contributed by atoms with Crippen LogP contribution in [0.4, 0.5) is 0 Å². The lowest BCUT2D eigenvalue weighted by Gasteiger charge is -2.03. The van der Waals surface area contributed by atoms with Crippen LogP contribution in [0.25, 0.3) is 5.69 Å². The molecule has 1 aromatic carbocycles. The summed E-state index contributed by atoms with van der Waals surface area (Å²) >= 11 is 0. The molecule has 2 rings (SSSR count). The van der Waals surface area contributed by atoms with E-state index in [0.29, 0.717) is 19.5 Å². The van der Waals surface area contributed by atoms with E-state index in [1.165, 1.54) is 0 Å². The molecule has 0 radical (unpaired) electrons. The average molecular weight is 295 g/mol. The number of hydrogen-bond donors (Lipinski definition) is 2. The van der Waals surface area contributed by atoms with E-state index in [1.54, 1.807) is 4.68 Å². The van der Waals surface area contributed by atoms with E-state index in [2.05, 4.69) is 15.7 Å². The molecule has 0 atom stereocenters. The predicted octanol–water partition coefficient (Wildman–Crippen LogP) is 1.52. The summed E-state index contributed by atoms with van der Waals surface area (Å²) in [6, 6.07) is 11.8. The standard InChI is InChI=1S/C14H18N4O.ClH/c1-15-9-7-14(19)16-11-12-8-10-18(17-12)13-5-3-2-4-6-13;/h2-6,8,10,15H,7,9,11H2,1H3,(H,16,19);1H. The second-order valence-corrected chi connectivity index (χ2v) is 4.22. The largest absolute Gasteiger partial charge is 0.350 e. The van der Waals surface area contributed by atoms with E-state index in [9.17, 15) is 4.79 Å². The molecule has 0 unspecified atom stereocenters. The monoisotopic (exact) mass is 294 g/mol. The van der Waals surface area contributed by atoms with Crippen molar-refractivity contribution in [2.24, 2.45) is 0 Å². The van der Waals surface area contributed by atoms with Crippen LogP contribution in [0.15, 0.2) is 42.6 Å². The van der Waals surface area contributed by atoms with Gasteiger partial charge in [-0.3, -0.25) is 4.79 Å². The number of carbonyl (C=O) groups is 1. The van der Waals surface area contributed by atoms with Gasteiger partial charge in [-0.15, -0.1) is 12.4 Å². The van der Waals surface area contributed by atoms with Gasteiger partial charge in [0.05, 0.1) is 17.9 Å². The summed E-state index contributed by atoms with van der Waals surface area (Å²) in [6.07, 6.45) is 2.38. The molecule has 0 aliphatic rings. The van der Waals surface area contributed by atoms with E-state index >= 15 is 0 Å². The molecule has 6 heteroatoms. The summed E-state index contributed by atoms with van der Waals surface area (Å²) in [7, 11) is 1.83. The Morgan fingerprint density at radius 2 is 2.00 bits per heavy atom. The maximum atomic E-state index is 11.5. The Labute approximate surface area is 124 Å². The fraction of sp³-hybridized carbons (Fsp3) is 0.286. The third kappa shape index (κ3) is 4.68. The van der Waals surface area contributed by atoms with Crippen LogP contribution in [0, 0.1) is 0 Å². The molecule has 20 heavy (non-hydrogen) atoms. The number of aromatic nitrogens is 2. The van der Waals surface area contributed by atoms with Crippen molar-refractivity contribution < 1.29 is 4.79 Å². The van der Waals surface area contributed by atoms with Gasteiger partial charge in [0.1, 0.15) is 0 Å². The quantitative estimate of drug-likeness (QED) is 0.849. The Morgan fingerprint density at radius 1 is 1.25 bits per heavy atom. The van der Waals surface area contributed by atoms with Crippen molar-refractivity contribution in [3.63, 3.8) is 0 Å². The number of halogens is 1. The first kappa shape index (κ1) is 16.2. The van der Waals surface area contributed by atoms with Crippen molar-refractivity contribution >= 4 is 18.3 Å². The number of para-hydroxylation sites is 1. The normalized spacial score (nSPS) is 9.85. The number of hydrogen-bond acceptors (Lipinski definition) is 3. The molecule has 2 aromatic rings. The fourth-order valence-corrected chi connectivity index (χ4v) is 1.70. The van der Waals surface area contributed by atoms with E-state index in [0.717, 1.165) is 11.4 Å². The van der Waals surface area contributed by atoms with E-state index in [4.69, 9.17) is 0 Å². The highest BCUT2D eigenvalue weighted by Gasteiger charge is 2.03. The number of nitrogens with one attached hydrogen (secondary N) is 2. The third-order valence-corrected chi connectivity index (χ3v) is 2.73. The maximum Gasteiger partial charge on any atom is 0.221 e. The highest BCUT2D eigenvalue weighted by atomic mass is 35.5. The summed E-state index contributed by atoms with van der Waals surface area (Å²) in [4.78, 5) is 11.5. The van der Waals surface area contributed by atoms with Crippen molar-refractivity contribution in [2.75, 3.05) is 13.6 Å². The second-order valence-electron chi connectivity index (χ2n) is 4.22. The molecule has 0 aliphatic heterocycles. The molecule has 0 saturated heterocycles. The van der Waals surface area contributed by atoms with Crippen LogP contribution in [0.2, 0.25) is 0 Å². The van der Waals surface area contributed by atoms with Crippen LogP contribution in [0.1, 0.15) is 12.1 Å². The van der Waals surface area contributed by atoms with Crippen LogP contribution in [-0.2, 0) is 11.3 Å². The molecule has 0 aliphatic carbocycles. The number of nitrogens with zero attached hydrogens (tertiary/aromatic N) is 2. The highest BCUT2D eigenvalue weighted by Crippen LogP contribution is 2.06. The molecule has 5 nitrogen and oxygen atoms in total. The van der Waals surface area contributed by atoms with Gasteiger partial charge in [-0.2, -0.15) is 5.10 Å². The molecule has 0 saturated carbocycles. The van der Waals surface area contributed by atoms with Crippen molar-refractivity contribution in [3.05, 3.63) is 48.3 Å². The Bertz CT molecular complexity index is 527. The molecule has 1 heterocycles. The minimum Gasteiger partial charge on any atom is -0.350 e. The van der Waals surface area contributed by atoms with Gasteiger partial charge in [-0.05, 0) is 25.2 Å². The van der Waals surface area contributed by atoms with E-state index < -0.39 is 0 Å². The minimum absolute atomic E-state index is 0. The summed E-state index contributed by atoms with van der Waals surface area (Å²) in [5.74, 6) is 0.0311. The van der Waals surface area contributed by atoms with Crippen LogP contribution < -0.4 is 10.6 Å². The molecule has 0 spiro atoms. The van der Waals surface area contributed by atoms with Crippen LogP contribution in [0.3, 0.4) is 0 Å². The van der Waals surface area contributed by atoms with Crippen LogP contribution >= 0.6 is 12.4 Å². The first-order valence-corrected chi connectivity index (χ1v) is 6.31. The van der Waals surface area contributed by atoms with Gasteiger partial charge in [0, 0.05) is 19.2 Å². The van der Waals surface area contributed by atoms with Crippen molar-refractivity contribution in [1.82, 2.24) is 20.4 Å². The first-order valence-electron chi connectivity index (χ1n) is 6.31. The predicted molar refractivity (Wildman–Crippen MR) is 81.2 cm³/mol. The molecule has 0 fully saturated rings. The number of carbonyl (C=O) groups excluding carboxylic acids is 1.